The topological polar surface area (TPSA) is 50.9 Å². The van der Waals surface area contributed by atoms with Crippen LogP contribution in [-0.4, -0.2) is 11.0 Å². The molecule has 0 aromatic carbocycles. The largest absolute Gasteiger partial charge is 0.389 e. The van der Waals surface area contributed by atoms with Gasteiger partial charge in [0.25, 0.3) is 0 Å². The molecule has 3 N–H and O–H groups in total. The van der Waals surface area contributed by atoms with Crippen LogP contribution in [0, 0.1) is 5.92 Å². The molecule has 1 aromatic heterocycles. The van der Waals surface area contributed by atoms with Gasteiger partial charge in [-0.1, -0.05) is 37.5 Å². The van der Waals surface area contributed by atoms with Crippen LogP contribution in [0.25, 0.3) is 0 Å². The molecular formula is C12H21N3S. The van der Waals surface area contributed by atoms with Crippen LogP contribution >= 0.6 is 11.3 Å². The molecule has 16 heavy (non-hydrogen) atoms. The van der Waals surface area contributed by atoms with Crippen molar-refractivity contribution in [2.45, 2.75) is 51.5 Å². The Balaban J connectivity index is 1.94. The molecule has 90 valence electrons. The van der Waals surface area contributed by atoms with Crippen LogP contribution in [-0.2, 0) is 0 Å². The third-order valence-corrected chi connectivity index (χ3v) is 4.25. The highest BCUT2D eigenvalue weighted by molar-refractivity contribution is 7.19. The van der Waals surface area contributed by atoms with E-state index in [9.17, 15) is 0 Å². The molecule has 1 aliphatic carbocycles. The Morgan fingerprint density at radius 1 is 1.50 bits per heavy atom. The van der Waals surface area contributed by atoms with Crippen molar-refractivity contribution >= 4 is 21.5 Å². The number of rotatable bonds is 4. The van der Waals surface area contributed by atoms with Crippen molar-refractivity contribution < 1.29 is 0 Å². The molecule has 0 bridgehead atoms. The quantitative estimate of drug-likeness (QED) is 0.845. The van der Waals surface area contributed by atoms with E-state index < -0.39 is 0 Å². The van der Waals surface area contributed by atoms with E-state index in [-0.39, 0.29) is 0 Å². The lowest BCUT2D eigenvalue weighted by molar-refractivity contribution is 0.313. The van der Waals surface area contributed by atoms with Crippen molar-refractivity contribution in [1.82, 2.24) is 4.98 Å². The second kappa shape index (κ2) is 5.53. The number of anilines is 2. The van der Waals surface area contributed by atoms with Gasteiger partial charge in [-0.25, -0.2) is 4.98 Å². The third kappa shape index (κ3) is 2.88. The van der Waals surface area contributed by atoms with Gasteiger partial charge in [-0.15, -0.1) is 0 Å². The Labute approximate surface area is 101 Å². The zero-order valence-corrected chi connectivity index (χ0v) is 10.7. The molecule has 1 aromatic rings. The molecule has 0 radical (unpaired) electrons. The summed E-state index contributed by atoms with van der Waals surface area (Å²) in [5, 5.41) is 5.32. The van der Waals surface area contributed by atoms with Crippen molar-refractivity contribution in [1.29, 1.82) is 0 Å². The number of nitrogen functional groups attached to an aromatic ring is 1. The van der Waals surface area contributed by atoms with Crippen molar-refractivity contribution in [3.8, 4) is 0 Å². The molecule has 4 heteroatoms. The minimum absolute atomic E-state index is 0.575. The van der Waals surface area contributed by atoms with Crippen LogP contribution in [0.15, 0.2) is 6.20 Å². The van der Waals surface area contributed by atoms with Gasteiger partial charge in [0.05, 0.1) is 6.20 Å². The maximum absolute atomic E-state index is 5.69. The van der Waals surface area contributed by atoms with Gasteiger partial charge in [-0.05, 0) is 25.2 Å². The normalized spacial score (nSPS) is 19.6. The Morgan fingerprint density at radius 2 is 2.25 bits per heavy atom. The van der Waals surface area contributed by atoms with Crippen molar-refractivity contribution in [3.05, 3.63) is 6.20 Å². The fraction of sp³-hybridized carbons (Fsp3) is 0.750. The van der Waals surface area contributed by atoms with Crippen molar-refractivity contribution in [2.24, 2.45) is 5.92 Å². The van der Waals surface area contributed by atoms with E-state index in [1.807, 2.05) is 0 Å². The van der Waals surface area contributed by atoms with Gasteiger partial charge in [0.15, 0.2) is 5.13 Å². The van der Waals surface area contributed by atoms with Crippen molar-refractivity contribution in [3.63, 3.8) is 0 Å². The second-order valence-electron chi connectivity index (χ2n) is 4.62. The third-order valence-electron chi connectivity index (χ3n) is 3.49. The Morgan fingerprint density at radius 3 is 2.81 bits per heavy atom. The minimum atomic E-state index is 0.575. The first-order chi connectivity index (χ1) is 7.79. The molecule has 0 saturated heterocycles. The fourth-order valence-corrected chi connectivity index (χ4v) is 3.25. The number of hydrogen-bond donors (Lipinski definition) is 2. The van der Waals surface area contributed by atoms with Gasteiger partial charge in [0, 0.05) is 6.04 Å². The SMILES string of the molecule is CCC(Nc1ncc(N)s1)C1CCCCC1. The molecule has 1 unspecified atom stereocenters. The average molecular weight is 239 g/mol. The lowest BCUT2D eigenvalue weighted by Gasteiger charge is -2.30. The van der Waals surface area contributed by atoms with Gasteiger partial charge in [-0.2, -0.15) is 0 Å². The van der Waals surface area contributed by atoms with Crippen LogP contribution in [0.2, 0.25) is 0 Å². The van der Waals surface area contributed by atoms with Gasteiger partial charge < -0.3 is 11.1 Å². The second-order valence-corrected chi connectivity index (χ2v) is 5.69. The first kappa shape index (κ1) is 11.7. The van der Waals surface area contributed by atoms with E-state index >= 15 is 0 Å². The summed E-state index contributed by atoms with van der Waals surface area (Å²) >= 11 is 1.55. The molecule has 1 aliphatic rings. The van der Waals surface area contributed by atoms with E-state index in [0.29, 0.717) is 6.04 Å². The van der Waals surface area contributed by atoms with Gasteiger partial charge in [0.1, 0.15) is 5.00 Å². The Hall–Kier alpha value is -0.770. The highest BCUT2D eigenvalue weighted by atomic mass is 32.1. The number of nitrogens with two attached hydrogens (primary N) is 1. The minimum Gasteiger partial charge on any atom is -0.389 e. The van der Waals surface area contributed by atoms with Crippen LogP contribution < -0.4 is 11.1 Å². The van der Waals surface area contributed by atoms with Gasteiger partial charge >= 0.3 is 0 Å². The summed E-state index contributed by atoms with van der Waals surface area (Å²) < 4.78 is 0. The molecule has 1 atom stereocenters. The van der Waals surface area contributed by atoms with Crippen LogP contribution in [0.1, 0.15) is 45.4 Å². The zero-order valence-electron chi connectivity index (χ0n) is 9.91. The highest BCUT2D eigenvalue weighted by Crippen LogP contribution is 2.30. The summed E-state index contributed by atoms with van der Waals surface area (Å²) in [5.74, 6) is 0.823. The lowest BCUT2D eigenvalue weighted by atomic mass is 9.83. The maximum atomic E-state index is 5.69. The van der Waals surface area contributed by atoms with Crippen LogP contribution in [0.4, 0.5) is 10.1 Å². The first-order valence-electron chi connectivity index (χ1n) is 6.27. The highest BCUT2D eigenvalue weighted by Gasteiger charge is 2.22. The van der Waals surface area contributed by atoms with E-state index in [0.717, 1.165) is 16.1 Å². The van der Waals surface area contributed by atoms with E-state index in [4.69, 9.17) is 5.73 Å². The van der Waals surface area contributed by atoms with Gasteiger partial charge in [0.2, 0.25) is 0 Å². The first-order valence-corrected chi connectivity index (χ1v) is 7.09. The molecule has 3 nitrogen and oxygen atoms in total. The van der Waals surface area contributed by atoms with Crippen LogP contribution in [0.5, 0.6) is 0 Å². The average Bonchev–Trinajstić information content (AvgIpc) is 2.73. The number of aromatic nitrogens is 1. The zero-order chi connectivity index (χ0) is 11.4. The van der Waals surface area contributed by atoms with E-state index in [1.165, 1.54) is 38.5 Å². The predicted molar refractivity (Wildman–Crippen MR) is 70.8 cm³/mol. The summed E-state index contributed by atoms with van der Waals surface area (Å²) in [7, 11) is 0. The molecule has 0 aliphatic heterocycles. The number of nitrogens with one attached hydrogen (secondary N) is 1. The summed E-state index contributed by atoms with van der Waals surface area (Å²) in [5.41, 5.74) is 5.69. The van der Waals surface area contributed by atoms with Crippen molar-refractivity contribution in [2.75, 3.05) is 11.1 Å². The molecular weight excluding hydrogens is 218 g/mol. The van der Waals surface area contributed by atoms with E-state index in [2.05, 4.69) is 17.2 Å². The summed E-state index contributed by atoms with van der Waals surface area (Å²) in [6.45, 7) is 2.25. The smallest absolute Gasteiger partial charge is 0.184 e. The molecule has 1 saturated carbocycles. The maximum Gasteiger partial charge on any atom is 0.184 e. The monoisotopic (exact) mass is 239 g/mol. The fourth-order valence-electron chi connectivity index (χ4n) is 2.60. The molecule has 0 amide bonds. The molecule has 0 spiro atoms. The standard InChI is InChI=1S/C12H21N3S/c1-2-10(9-6-4-3-5-7-9)15-12-14-8-11(13)16-12/h8-10H,2-7,13H2,1H3,(H,14,15). The predicted octanol–water partition coefficient (Wildman–Crippen LogP) is 3.50. The number of hydrogen-bond acceptors (Lipinski definition) is 4. The Kier molecular flexibility index (Phi) is 4.04. The Bertz CT molecular complexity index is 318. The molecule has 1 heterocycles. The van der Waals surface area contributed by atoms with Gasteiger partial charge in [-0.3, -0.25) is 0 Å². The summed E-state index contributed by atoms with van der Waals surface area (Å²) in [6, 6.07) is 0.575. The van der Waals surface area contributed by atoms with Crippen LogP contribution in [0.3, 0.4) is 0 Å². The summed E-state index contributed by atoms with van der Waals surface area (Å²) in [4.78, 5) is 4.28. The lowest BCUT2D eigenvalue weighted by Crippen LogP contribution is -2.29. The molecule has 1 fully saturated rings. The molecule has 2 rings (SSSR count). The van der Waals surface area contributed by atoms with E-state index in [1.54, 1.807) is 17.5 Å². The number of nitrogens with zero attached hydrogens (tertiary/aromatic N) is 1. The summed E-state index contributed by atoms with van der Waals surface area (Å²) in [6.07, 6.45) is 9.84. The number of thiazole rings is 1.